The van der Waals surface area contributed by atoms with Gasteiger partial charge in [-0.1, -0.05) is 61.2 Å². The largest absolute Gasteiger partial charge is 0.507 e. The summed E-state index contributed by atoms with van der Waals surface area (Å²) >= 11 is 12.1. The van der Waals surface area contributed by atoms with E-state index in [9.17, 15) is 14.7 Å². The van der Waals surface area contributed by atoms with Crippen LogP contribution in [0.2, 0.25) is 10.0 Å². The van der Waals surface area contributed by atoms with Gasteiger partial charge in [-0.25, -0.2) is 4.79 Å². The maximum absolute atomic E-state index is 13.2. The maximum atomic E-state index is 13.2. The lowest BCUT2D eigenvalue weighted by Crippen LogP contribution is -2.30. The summed E-state index contributed by atoms with van der Waals surface area (Å²) in [6.07, 6.45) is 5.03. The number of carbonyl (C=O) groups excluding carboxylic acids is 2. The lowest BCUT2D eigenvalue weighted by molar-refractivity contribution is 0.102. The molecule has 0 spiro atoms. The Labute approximate surface area is 243 Å². The second-order valence-corrected chi connectivity index (χ2v) is 10.8. The minimum absolute atomic E-state index is 0.0435. The molecule has 0 saturated heterocycles. The fourth-order valence-corrected chi connectivity index (χ4v) is 5.35. The quantitative estimate of drug-likeness (QED) is 0.209. The number of aromatic hydroxyl groups is 1. The van der Waals surface area contributed by atoms with E-state index in [1.165, 1.54) is 10.7 Å². The van der Waals surface area contributed by atoms with Crippen molar-refractivity contribution in [2.75, 3.05) is 5.32 Å². The first-order chi connectivity index (χ1) is 19.3. The van der Waals surface area contributed by atoms with Crippen molar-refractivity contribution in [1.29, 1.82) is 0 Å². The normalized spacial score (nSPS) is 13.4. The average Bonchev–Trinajstić information content (AvgIpc) is 3.64. The van der Waals surface area contributed by atoms with Gasteiger partial charge in [0.05, 0.1) is 21.4 Å². The van der Waals surface area contributed by atoms with Gasteiger partial charge in [0, 0.05) is 35.3 Å². The lowest BCUT2D eigenvalue weighted by Gasteiger charge is -2.12. The van der Waals surface area contributed by atoms with E-state index in [1.54, 1.807) is 42.5 Å². The Kier molecular flexibility index (Phi) is 8.43. The number of nitrogens with one attached hydrogen (secondary N) is 2. The highest BCUT2D eigenvalue weighted by Gasteiger charge is 2.26. The fraction of sp³-hybridized carbons (Fsp3) is 0.258. The van der Waals surface area contributed by atoms with Crippen molar-refractivity contribution in [1.82, 2.24) is 15.1 Å². The third-order valence-corrected chi connectivity index (χ3v) is 8.03. The number of aryl methyl sites for hydroxylation is 1. The summed E-state index contributed by atoms with van der Waals surface area (Å²) in [6.45, 7) is 2.32. The lowest BCUT2D eigenvalue weighted by atomic mass is 10.0. The van der Waals surface area contributed by atoms with Crippen LogP contribution in [0.5, 0.6) is 5.75 Å². The van der Waals surface area contributed by atoms with Crippen LogP contribution in [0.1, 0.15) is 65.7 Å². The molecule has 5 rings (SSSR count). The van der Waals surface area contributed by atoms with Crippen LogP contribution in [0.25, 0.3) is 11.3 Å². The molecule has 1 saturated carbocycles. The highest BCUT2D eigenvalue weighted by molar-refractivity contribution is 6.42. The van der Waals surface area contributed by atoms with E-state index < -0.39 is 0 Å². The molecule has 0 atom stereocenters. The molecule has 4 aromatic rings. The summed E-state index contributed by atoms with van der Waals surface area (Å²) in [6, 6.07) is 19.0. The van der Waals surface area contributed by atoms with E-state index in [2.05, 4.69) is 22.7 Å². The third-order valence-electron chi connectivity index (χ3n) is 7.29. The molecule has 3 N–H and O–H groups in total. The SMILES string of the molecule is CCc1ccc(C(=O)Nc2ccc(-c3cc(C4CCCC4)n(C(=O)NCc4ccc(Cl)c(Cl)c4)n3)c(O)c2)cc1. The van der Waals surface area contributed by atoms with Crippen LogP contribution >= 0.6 is 23.2 Å². The monoisotopic (exact) mass is 576 g/mol. The minimum atomic E-state index is -0.364. The fourth-order valence-electron chi connectivity index (χ4n) is 5.03. The Bertz CT molecular complexity index is 1540. The number of phenolic OH excluding ortho intramolecular Hbond substituents is 1. The molecule has 40 heavy (non-hydrogen) atoms. The highest BCUT2D eigenvalue weighted by atomic mass is 35.5. The standard InChI is InChI=1S/C31H30Cl2N4O3/c1-2-19-7-10-22(11-8-19)30(39)35-23-12-13-24(29(38)16-23)27-17-28(21-5-3-4-6-21)37(36-27)31(40)34-18-20-9-14-25(32)26(33)15-20/h7-17,21,38H,2-6,18H2,1H3,(H,34,40)(H,35,39). The second kappa shape index (κ2) is 12.1. The Morgan fingerprint density at radius 1 is 0.950 bits per heavy atom. The van der Waals surface area contributed by atoms with Gasteiger partial charge in [0.1, 0.15) is 5.75 Å². The number of anilines is 1. The molecule has 1 aliphatic rings. The predicted molar refractivity (Wildman–Crippen MR) is 158 cm³/mol. The molecule has 1 heterocycles. The number of rotatable bonds is 7. The summed E-state index contributed by atoms with van der Waals surface area (Å²) in [4.78, 5) is 25.9. The summed E-state index contributed by atoms with van der Waals surface area (Å²) in [5, 5.41) is 22.1. The van der Waals surface area contributed by atoms with Gasteiger partial charge in [-0.05, 0) is 72.9 Å². The first kappa shape index (κ1) is 27.7. The van der Waals surface area contributed by atoms with Crippen LogP contribution in [0.3, 0.4) is 0 Å². The second-order valence-electron chi connectivity index (χ2n) is 9.99. The van der Waals surface area contributed by atoms with Gasteiger partial charge in [0.25, 0.3) is 5.91 Å². The topological polar surface area (TPSA) is 96.3 Å². The molecular formula is C31H30Cl2N4O3. The number of phenols is 1. The first-order valence-electron chi connectivity index (χ1n) is 13.4. The van der Waals surface area contributed by atoms with Gasteiger partial charge in [-0.15, -0.1) is 0 Å². The van der Waals surface area contributed by atoms with E-state index in [-0.39, 0.29) is 30.2 Å². The van der Waals surface area contributed by atoms with Gasteiger partial charge < -0.3 is 15.7 Å². The highest BCUT2D eigenvalue weighted by Crippen LogP contribution is 2.38. The first-order valence-corrected chi connectivity index (χ1v) is 14.1. The number of halogens is 2. The molecule has 1 fully saturated rings. The number of hydrogen-bond acceptors (Lipinski definition) is 4. The van der Waals surface area contributed by atoms with Crippen LogP contribution in [0, 0.1) is 0 Å². The number of nitrogens with zero attached hydrogens (tertiary/aromatic N) is 2. The van der Waals surface area contributed by atoms with Crippen molar-refractivity contribution in [3.8, 4) is 17.0 Å². The van der Waals surface area contributed by atoms with Crippen molar-refractivity contribution < 1.29 is 14.7 Å². The number of aromatic nitrogens is 2. The maximum Gasteiger partial charge on any atom is 0.342 e. The molecule has 3 aromatic carbocycles. The van der Waals surface area contributed by atoms with E-state index >= 15 is 0 Å². The summed E-state index contributed by atoms with van der Waals surface area (Å²) in [7, 11) is 0. The molecule has 0 unspecified atom stereocenters. The van der Waals surface area contributed by atoms with Crippen LogP contribution in [-0.4, -0.2) is 26.8 Å². The Morgan fingerprint density at radius 2 is 1.68 bits per heavy atom. The molecule has 206 valence electrons. The predicted octanol–water partition coefficient (Wildman–Crippen LogP) is 7.79. The van der Waals surface area contributed by atoms with Crippen molar-refractivity contribution in [3.05, 3.63) is 99.2 Å². The molecule has 0 aliphatic heterocycles. The van der Waals surface area contributed by atoms with Crippen LogP contribution in [-0.2, 0) is 13.0 Å². The molecule has 1 aliphatic carbocycles. The van der Waals surface area contributed by atoms with Crippen LogP contribution in [0.15, 0.2) is 66.7 Å². The molecule has 0 radical (unpaired) electrons. The number of benzene rings is 3. The Morgan fingerprint density at radius 3 is 2.35 bits per heavy atom. The zero-order valence-corrected chi connectivity index (χ0v) is 23.6. The Balaban J connectivity index is 1.36. The number of carbonyl (C=O) groups is 2. The zero-order valence-electron chi connectivity index (χ0n) is 22.1. The third kappa shape index (κ3) is 6.16. The van der Waals surface area contributed by atoms with Crippen molar-refractivity contribution in [2.45, 2.75) is 51.5 Å². The number of hydrogen-bond donors (Lipinski definition) is 3. The summed E-state index contributed by atoms with van der Waals surface area (Å²) in [5.74, 6) is -0.101. The van der Waals surface area contributed by atoms with Crippen molar-refractivity contribution in [3.63, 3.8) is 0 Å². The zero-order chi connectivity index (χ0) is 28.2. The molecular weight excluding hydrogens is 547 g/mol. The van der Waals surface area contributed by atoms with Crippen molar-refractivity contribution in [2.24, 2.45) is 0 Å². The van der Waals surface area contributed by atoms with Gasteiger partial charge in [0.2, 0.25) is 0 Å². The van der Waals surface area contributed by atoms with E-state index in [4.69, 9.17) is 23.2 Å². The van der Waals surface area contributed by atoms with Crippen LogP contribution in [0.4, 0.5) is 10.5 Å². The minimum Gasteiger partial charge on any atom is -0.507 e. The molecule has 1 aromatic heterocycles. The van der Waals surface area contributed by atoms with Gasteiger partial charge in [0.15, 0.2) is 0 Å². The van der Waals surface area contributed by atoms with Gasteiger partial charge in [-0.3, -0.25) is 4.79 Å². The average molecular weight is 578 g/mol. The molecule has 2 amide bonds. The molecule has 0 bridgehead atoms. The Hall–Kier alpha value is -3.81. The van der Waals surface area contributed by atoms with Gasteiger partial charge >= 0.3 is 6.03 Å². The van der Waals surface area contributed by atoms with Gasteiger partial charge in [-0.2, -0.15) is 9.78 Å². The summed E-state index contributed by atoms with van der Waals surface area (Å²) < 4.78 is 1.40. The van der Waals surface area contributed by atoms with E-state index in [1.807, 2.05) is 18.2 Å². The summed E-state index contributed by atoms with van der Waals surface area (Å²) in [5.41, 5.74) is 4.73. The van der Waals surface area contributed by atoms with Crippen molar-refractivity contribution >= 4 is 40.8 Å². The molecule has 7 nitrogen and oxygen atoms in total. The smallest absolute Gasteiger partial charge is 0.342 e. The number of amides is 2. The molecule has 9 heteroatoms. The van der Waals surface area contributed by atoms with E-state index in [0.29, 0.717) is 32.6 Å². The van der Waals surface area contributed by atoms with E-state index in [0.717, 1.165) is 48.9 Å². The van der Waals surface area contributed by atoms with Crippen LogP contribution < -0.4 is 10.6 Å².